The van der Waals surface area contributed by atoms with Crippen LogP contribution in [0.1, 0.15) is 24.2 Å². The first-order valence-electron chi connectivity index (χ1n) is 4.72. The molecule has 0 aliphatic carbocycles. The normalized spacial score (nSPS) is 11.8. The predicted molar refractivity (Wildman–Crippen MR) is 60.8 cm³/mol. The van der Waals surface area contributed by atoms with E-state index >= 15 is 0 Å². The van der Waals surface area contributed by atoms with Crippen LogP contribution in [0.5, 0.6) is 0 Å². The standard InChI is InChI=1S/C11H12O4S/c1-8(9-5-3-2-4-6-9)16-15-11(14)7-10(12)13/h2-6,8H,7H2,1H3,(H,12,13). The molecule has 0 amide bonds. The third kappa shape index (κ3) is 4.35. The fourth-order valence-corrected chi connectivity index (χ4v) is 1.64. The first-order valence-corrected chi connectivity index (χ1v) is 5.53. The highest BCUT2D eigenvalue weighted by Gasteiger charge is 2.13. The van der Waals surface area contributed by atoms with Crippen molar-refractivity contribution in [3.05, 3.63) is 35.9 Å². The average molecular weight is 240 g/mol. The molecule has 0 spiro atoms. The fourth-order valence-electron chi connectivity index (χ4n) is 1.06. The van der Waals surface area contributed by atoms with E-state index in [2.05, 4.69) is 0 Å². The van der Waals surface area contributed by atoms with Gasteiger partial charge >= 0.3 is 11.9 Å². The van der Waals surface area contributed by atoms with Crippen LogP contribution in [-0.4, -0.2) is 17.0 Å². The fraction of sp³-hybridized carbons (Fsp3) is 0.273. The van der Waals surface area contributed by atoms with Gasteiger partial charge in [0.1, 0.15) is 6.42 Å². The van der Waals surface area contributed by atoms with Crippen molar-refractivity contribution >= 4 is 24.0 Å². The van der Waals surface area contributed by atoms with Crippen molar-refractivity contribution in [2.24, 2.45) is 0 Å². The highest BCUT2D eigenvalue weighted by Crippen LogP contribution is 2.28. The van der Waals surface area contributed by atoms with Gasteiger partial charge in [-0.2, -0.15) is 0 Å². The van der Waals surface area contributed by atoms with E-state index in [0.717, 1.165) is 17.6 Å². The van der Waals surface area contributed by atoms with Gasteiger partial charge in [-0.15, -0.1) is 0 Å². The number of carbonyl (C=O) groups is 2. The van der Waals surface area contributed by atoms with Crippen molar-refractivity contribution in [1.82, 2.24) is 0 Å². The number of rotatable bonds is 5. The predicted octanol–water partition coefficient (Wildman–Crippen LogP) is 2.41. The van der Waals surface area contributed by atoms with Gasteiger partial charge in [-0.25, -0.2) is 0 Å². The lowest BCUT2D eigenvalue weighted by molar-refractivity contribution is -0.145. The number of carboxylic acids is 1. The van der Waals surface area contributed by atoms with Crippen LogP contribution >= 0.6 is 12.0 Å². The molecule has 0 bridgehead atoms. The maximum absolute atomic E-state index is 11.0. The molecule has 0 aromatic heterocycles. The quantitative estimate of drug-likeness (QED) is 0.632. The molecule has 1 N–H and O–H groups in total. The Morgan fingerprint density at radius 2 is 2.00 bits per heavy atom. The molecule has 0 saturated heterocycles. The maximum Gasteiger partial charge on any atom is 0.329 e. The molecule has 0 fully saturated rings. The van der Waals surface area contributed by atoms with E-state index in [4.69, 9.17) is 9.29 Å². The van der Waals surface area contributed by atoms with Crippen molar-refractivity contribution in [2.45, 2.75) is 18.6 Å². The molecule has 1 unspecified atom stereocenters. The number of carboxylic acid groups (broad SMARTS) is 1. The molecule has 1 aromatic carbocycles. The van der Waals surface area contributed by atoms with Crippen LogP contribution in [0.25, 0.3) is 0 Å². The van der Waals surface area contributed by atoms with E-state index < -0.39 is 18.4 Å². The smallest absolute Gasteiger partial charge is 0.329 e. The topological polar surface area (TPSA) is 63.6 Å². The Hall–Kier alpha value is -1.49. The number of hydrogen-bond acceptors (Lipinski definition) is 4. The molecule has 0 radical (unpaired) electrons. The van der Waals surface area contributed by atoms with Gasteiger partial charge in [-0.05, 0) is 12.5 Å². The van der Waals surface area contributed by atoms with E-state index in [9.17, 15) is 9.59 Å². The molecule has 0 saturated carbocycles. The summed E-state index contributed by atoms with van der Waals surface area (Å²) < 4.78 is 4.77. The highest BCUT2D eigenvalue weighted by atomic mass is 32.2. The van der Waals surface area contributed by atoms with Crippen molar-refractivity contribution in [1.29, 1.82) is 0 Å². The zero-order valence-corrected chi connectivity index (χ0v) is 9.57. The van der Waals surface area contributed by atoms with E-state index in [1.54, 1.807) is 0 Å². The summed E-state index contributed by atoms with van der Waals surface area (Å²) in [5, 5.41) is 8.34. The summed E-state index contributed by atoms with van der Waals surface area (Å²) in [4.78, 5) is 21.2. The lowest BCUT2D eigenvalue weighted by Gasteiger charge is -2.09. The Labute approximate surface area is 97.8 Å². The lowest BCUT2D eigenvalue weighted by Crippen LogP contribution is -2.07. The number of carbonyl (C=O) groups excluding carboxylic acids is 1. The summed E-state index contributed by atoms with van der Waals surface area (Å²) in [6.45, 7) is 1.88. The SMILES string of the molecule is CC(SOC(=O)CC(=O)O)c1ccccc1. The van der Waals surface area contributed by atoms with E-state index in [1.807, 2.05) is 37.3 Å². The van der Waals surface area contributed by atoms with Crippen LogP contribution in [0.3, 0.4) is 0 Å². The van der Waals surface area contributed by atoms with Gasteiger partial charge in [0.2, 0.25) is 0 Å². The zero-order valence-electron chi connectivity index (χ0n) is 8.75. The molecule has 16 heavy (non-hydrogen) atoms. The van der Waals surface area contributed by atoms with Crippen LogP contribution in [0.4, 0.5) is 0 Å². The minimum Gasteiger partial charge on any atom is -0.481 e. The van der Waals surface area contributed by atoms with Crippen LogP contribution in [-0.2, 0) is 13.8 Å². The molecular weight excluding hydrogens is 228 g/mol. The largest absolute Gasteiger partial charge is 0.481 e. The summed E-state index contributed by atoms with van der Waals surface area (Å²) in [5.74, 6) is -1.92. The highest BCUT2D eigenvalue weighted by molar-refractivity contribution is 7.95. The molecule has 1 rings (SSSR count). The van der Waals surface area contributed by atoms with E-state index in [1.165, 1.54) is 0 Å². The Morgan fingerprint density at radius 1 is 1.38 bits per heavy atom. The van der Waals surface area contributed by atoms with Gasteiger partial charge in [0.15, 0.2) is 0 Å². The van der Waals surface area contributed by atoms with Crippen LogP contribution in [0.2, 0.25) is 0 Å². The maximum atomic E-state index is 11.0. The summed E-state index contributed by atoms with van der Waals surface area (Å²) in [6, 6.07) is 9.53. The number of aliphatic carboxylic acids is 1. The molecule has 5 heteroatoms. The molecule has 1 atom stereocenters. The van der Waals surface area contributed by atoms with Gasteiger partial charge in [-0.1, -0.05) is 30.3 Å². The molecule has 4 nitrogen and oxygen atoms in total. The zero-order chi connectivity index (χ0) is 12.0. The molecule has 0 aliphatic rings. The van der Waals surface area contributed by atoms with Crippen molar-refractivity contribution < 1.29 is 18.9 Å². The van der Waals surface area contributed by atoms with Gasteiger partial charge < -0.3 is 9.29 Å². The second-order valence-corrected chi connectivity index (χ2v) is 4.24. The van der Waals surface area contributed by atoms with Crippen molar-refractivity contribution in [2.75, 3.05) is 0 Å². The van der Waals surface area contributed by atoms with E-state index in [0.29, 0.717) is 0 Å². The number of hydrogen-bond donors (Lipinski definition) is 1. The molecular formula is C11H12O4S. The van der Waals surface area contributed by atoms with Crippen LogP contribution in [0.15, 0.2) is 30.3 Å². The monoisotopic (exact) mass is 240 g/mol. The average Bonchev–Trinajstić information content (AvgIpc) is 2.26. The second-order valence-electron chi connectivity index (χ2n) is 3.17. The molecule has 0 aliphatic heterocycles. The van der Waals surface area contributed by atoms with Crippen molar-refractivity contribution in [3.63, 3.8) is 0 Å². The van der Waals surface area contributed by atoms with Gasteiger partial charge in [0.25, 0.3) is 0 Å². The third-order valence-corrected chi connectivity index (χ3v) is 2.69. The summed E-state index contributed by atoms with van der Waals surface area (Å²) in [5.41, 5.74) is 1.02. The Morgan fingerprint density at radius 3 is 2.56 bits per heavy atom. The Bertz CT molecular complexity index is 364. The summed E-state index contributed by atoms with van der Waals surface area (Å²) in [6.07, 6.45) is -0.603. The molecule has 1 aromatic rings. The number of benzene rings is 1. The first kappa shape index (κ1) is 12.6. The minimum absolute atomic E-state index is 0.0149. The third-order valence-electron chi connectivity index (χ3n) is 1.85. The van der Waals surface area contributed by atoms with Gasteiger partial charge in [0, 0.05) is 0 Å². The lowest BCUT2D eigenvalue weighted by atomic mass is 10.2. The molecule has 0 heterocycles. The Kier molecular flexibility index (Phi) is 4.85. The minimum atomic E-state index is -1.18. The first-order chi connectivity index (χ1) is 7.59. The van der Waals surface area contributed by atoms with Gasteiger partial charge in [-0.3, -0.25) is 9.59 Å². The van der Waals surface area contributed by atoms with Crippen LogP contribution < -0.4 is 0 Å². The van der Waals surface area contributed by atoms with Crippen molar-refractivity contribution in [3.8, 4) is 0 Å². The summed E-state index contributed by atoms with van der Waals surface area (Å²) in [7, 11) is 0. The molecule has 86 valence electrons. The summed E-state index contributed by atoms with van der Waals surface area (Å²) >= 11 is 0.967. The Balaban J connectivity index is 2.39. The van der Waals surface area contributed by atoms with E-state index in [-0.39, 0.29) is 5.25 Å². The van der Waals surface area contributed by atoms with Crippen LogP contribution in [0, 0.1) is 0 Å². The second kappa shape index (κ2) is 6.17. The van der Waals surface area contributed by atoms with Gasteiger partial charge in [0.05, 0.1) is 17.3 Å².